The van der Waals surface area contributed by atoms with E-state index in [0.717, 1.165) is 27.3 Å². The lowest BCUT2D eigenvalue weighted by atomic mass is 10.1. The zero-order valence-corrected chi connectivity index (χ0v) is 17.1. The number of carbonyl (C=O) groups excluding carboxylic acids is 2. The van der Waals surface area contributed by atoms with Gasteiger partial charge in [0.2, 0.25) is 0 Å². The van der Waals surface area contributed by atoms with Gasteiger partial charge >= 0.3 is 5.97 Å². The van der Waals surface area contributed by atoms with Gasteiger partial charge in [-0.1, -0.05) is 42.5 Å². The molecule has 2 heterocycles. The first kappa shape index (κ1) is 19.2. The van der Waals surface area contributed by atoms with Crippen LogP contribution in [0.4, 0.5) is 0 Å². The Labute approximate surface area is 173 Å². The number of esters is 1. The molecular formula is C23H21NO4S. The van der Waals surface area contributed by atoms with Crippen molar-refractivity contribution in [3.8, 4) is 16.2 Å². The number of carbonyl (C=O) groups is 2. The molecule has 0 saturated carbocycles. The average molecular weight is 407 g/mol. The monoisotopic (exact) mass is 407 g/mol. The Kier molecular flexibility index (Phi) is 5.36. The number of likely N-dealkylation sites (N-methyl/N-ethyl adjacent to an activating group) is 1. The molecule has 1 aliphatic rings. The smallest absolute Gasteiger partial charge is 0.348 e. The first-order valence-corrected chi connectivity index (χ1v) is 10.2. The van der Waals surface area contributed by atoms with E-state index in [-0.39, 0.29) is 18.6 Å². The van der Waals surface area contributed by atoms with Crippen LogP contribution in [0.25, 0.3) is 10.4 Å². The van der Waals surface area contributed by atoms with Gasteiger partial charge in [-0.15, -0.1) is 11.3 Å². The molecule has 1 aromatic heterocycles. The maximum atomic E-state index is 12.5. The van der Waals surface area contributed by atoms with Gasteiger partial charge in [-0.05, 0) is 30.7 Å². The fraction of sp³-hybridized carbons (Fsp3) is 0.217. The molecule has 4 rings (SSSR count). The number of hydrogen-bond donors (Lipinski definition) is 0. The van der Waals surface area contributed by atoms with Gasteiger partial charge in [0.15, 0.2) is 6.61 Å². The van der Waals surface area contributed by atoms with Crippen LogP contribution in [0.3, 0.4) is 0 Å². The summed E-state index contributed by atoms with van der Waals surface area (Å²) in [6, 6.07) is 19.2. The Balaban J connectivity index is 1.41. The van der Waals surface area contributed by atoms with Crippen LogP contribution in [0.1, 0.15) is 33.8 Å². The molecule has 148 valence electrons. The Morgan fingerprint density at radius 2 is 1.86 bits per heavy atom. The summed E-state index contributed by atoms with van der Waals surface area (Å²) in [5.41, 5.74) is 2.96. The second-order valence-electron chi connectivity index (χ2n) is 6.92. The first-order chi connectivity index (χ1) is 14.0. The molecule has 1 atom stereocenters. The third-order valence-electron chi connectivity index (χ3n) is 5.11. The van der Waals surface area contributed by atoms with E-state index in [0.29, 0.717) is 11.5 Å². The number of ether oxygens (including phenoxy) is 2. The molecule has 0 radical (unpaired) electrons. The number of amides is 1. The highest BCUT2D eigenvalue weighted by Gasteiger charge is 2.24. The SMILES string of the molecule is CC(c1ccccc1)N(C)C(=O)COC(=O)c1cc2c(s1)-c1ccccc1OC2. The molecule has 1 amide bonds. The Morgan fingerprint density at radius 1 is 1.14 bits per heavy atom. The summed E-state index contributed by atoms with van der Waals surface area (Å²) in [7, 11) is 1.71. The van der Waals surface area contributed by atoms with Gasteiger partial charge in [-0.25, -0.2) is 4.79 Å². The van der Waals surface area contributed by atoms with Crippen LogP contribution in [0.5, 0.6) is 5.75 Å². The van der Waals surface area contributed by atoms with Crippen molar-refractivity contribution in [2.24, 2.45) is 0 Å². The van der Waals surface area contributed by atoms with Crippen molar-refractivity contribution >= 4 is 23.2 Å². The van der Waals surface area contributed by atoms with E-state index in [2.05, 4.69) is 0 Å². The summed E-state index contributed by atoms with van der Waals surface area (Å²) < 4.78 is 11.0. The average Bonchev–Trinajstić information content (AvgIpc) is 3.22. The molecule has 3 aromatic rings. The van der Waals surface area contributed by atoms with Gasteiger partial charge in [0.25, 0.3) is 5.91 Å². The topological polar surface area (TPSA) is 55.8 Å². The molecule has 0 aliphatic carbocycles. The maximum absolute atomic E-state index is 12.5. The van der Waals surface area contributed by atoms with Gasteiger partial charge in [-0.3, -0.25) is 4.79 Å². The molecule has 0 fully saturated rings. The minimum atomic E-state index is -0.490. The summed E-state index contributed by atoms with van der Waals surface area (Å²) >= 11 is 1.37. The highest BCUT2D eigenvalue weighted by atomic mass is 32.1. The number of benzene rings is 2. The van der Waals surface area contributed by atoms with Crippen molar-refractivity contribution in [1.29, 1.82) is 0 Å². The van der Waals surface area contributed by atoms with Crippen molar-refractivity contribution < 1.29 is 19.1 Å². The molecular weight excluding hydrogens is 386 g/mol. The second kappa shape index (κ2) is 8.09. The van der Waals surface area contributed by atoms with Gasteiger partial charge in [-0.2, -0.15) is 0 Å². The summed E-state index contributed by atoms with van der Waals surface area (Å²) in [5.74, 6) is 0.0779. The second-order valence-corrected chi connectivity index (χ2v) is 7.97. The normalized spacial score (nSPS) is 12.9. The number of hydrogen-bond acceptors (Lipinski definition) is 5. The van der Waals surface area contributed by atoms with E-state index in [1.807, 2.05) is 61.5 Å². The van der Waals surface area contributed by atoms with E-state index in [4.69, 9.17) is 9.47 Å². The molecule has 0 bridgehead atoms. The number of thiophene rings is 1. The van der Waals surface area contributed by atoms with Gasteiger partial charge in [0.05, 0.1) is 6.04 Å². The molecule has 0 N–H and O–H groups in total. The molecule has 29 heavy (non-hydrogen) atoms. The number of nitrogens with zero attached hydrogens (tertiary/aromatic N) is 1. The van der Waals surface area contributed by atoms with Crippen LogP contribution < -0.4 is 4.74 Å². The lowest BCUT2D eigenvalue weighted by Gasteiger charge is -2.25. The third-order valence-corrected chi connectivity index (χ3v) is 6.30. The Morgan fingerprint density at radius 3 is 2.66 bits per heavy atom. The molecule has 5 nitrogen and oxygen atoms in total. The van der Waals surface area contributed by atoms with Gasteiger partial charge in [0.1, 0.15) is 17.2 Å². The van der Waals surface area contributed by atoms with E-state index in [9.17, 15) is 9.59 Å². The zero-order chi connectivity index (χ0) is 20.4. The predicted octanol–water partition coefficient (Wildman–Crippen LogP) is 4.68. The highest BCUT2D eigenvalue weighted by molar-refractivity contribution is 7.17. The summed E-state index contributed by atoms with van der Waals surface area (Å²) in [6.07, 6.45) is 0. The maximum Gasteiger partial charge on any atom is 0.348 e. The Hall–Kier alpha value is -3.12. The van der Waals surface area contributed by atoms with Gasteiger partial charge < -0.3 is 14.4 Å². The van der Waals surface area contributed by atoms with Crippen LogP contribution in [0, 0.1) is 0 Å². The van der Waals surface area contributed by atoms with Crippen LogP contribution >= 0.6 is 11.3 Å². The lowest BCUT2D eigenvalue weighted by molar-refractivity contribution is -0.135. The Bertz CT molecular complexity index is 1040. The van der Waals surface area contributed by atoms with E-state index >= 15 is 0 Å². The summed E-state index contributed by atoms with van der Waals surface area (Å²) in [4.78, 5) is 28.1. The summed E-state index contributed by atoms with van der Waals surface area (Å²) in [6.45, 7) is 2.08. The standard InChI is InChI=1S/C23H21NO4S/c1-15(16-8-4-3-5-9-16)24(2)21(25)14-28-23(26)20-12-17-13-27-19-11-7-6-10-18(19)22(17)29-20/h3-12,15H,13-14H2,1-2H3. The van der Waals surface area contributed by atoms with Crippen LogP contribution in [-0.2, 0) is 16.1 Å². The van der Waals surface area contributed by atoms with Crippen LogP contribution in [0.2, 0.25) is 0 Å². The zero-order valence-electron chi connectivity index (χ0n) is 16.3. The summed E-state index contributed by atoms with van der Waals surface area (Å²) in [5, 5.41) is 0. The van der Waals surface area contributed by atoms with Crippen LogP contribution in [0.15, 0.2) is 60.7 Å². The van der Waals surface area contributed by atoms with E-state index < -0.39 is 5.97 Å². The molecule has 0 spiro atoms. The van der Waals surface area contributed by atoms with Crippen molar-refractivity contribution in [1.82, 2.24) is 4.90 Å². The van der Waals surface area contributed by atoms with Crippen molar-refractivity contribution in [3.63, 3.8) is 0 Å². The largest absolute Gasteiger partial charge is 0.488 e. The molecule has 1 aliphatic heterocycles. The molecule has 0 saturated heterocycles. The third kappa shape index (κ3) is 3.89. The highest BCUT2D eigenvalue weighted by Crippen LogP contribution is 2.42. The molecule has 2 aromatic carbocycles. The minimum Gasteiger partial charge on any atom is -0.488 e. The molecule has 1 unspecified atom stereocenters. The van der Waals surface area contributed by atoms with Crippen molar-refractivity contribution in [2.75, 3.05) is 13.7 Å². The number of para-hydroxylation sites is 1. The molecule has 6 heteroatoms. The lowest BCUT2D eigenvalue weighted by Crippen LogP contribution is -2.33. The fourth-order valence-corrected chi connectivity index (χ4v) is 4.36. The van der Waals surface area contributed by atoms with Crippen molar-refractivity contribution in [2.45, 2.75) is 19.6 Å². The number of rotatable bonds is 5. The van der Waals surface area contributed by atoms with Crippen LogP contribution in [-0.4, -0.2) is 30.4 Å². The predicted molar refractivity (Wildman–Crippen MR) is 112 cm³/mol. The van der Waals surface area contributed by atoms with E-state index in [1.165, 1.54) is 11.3 Å². The minimum absolute atomic E-state index is 0.106. The number of fused-ring (bicyclic) bond motifs is 3. The quantitative estimate of drug-likeness (QED) is 0.576. The first-order valence-electron chi connectivity index (χ1n) is 9.37. The van der Waals surface area contributed by atoms with E-state index in [1.54, 1.807) is 18.0 Å². The van der Waals surface area contributed by atoms with Gasteiger partial charge in [0, 0.05) is 23.1 Å². The van der Waals surface area contributed by atoms with Crippen molar-refractivity contribution in [3.05, 3.63) is 76.7 Å². The fourth-order valence-electron chi connectivity index (χ4n) is 3.27.